The summed E-state index contributed by atoms with van der Waals surface area (Å²) in [6, 6.07) is 4.13. The lowest BCUT2D eigenvalue weighted by molar-refractivity contribution is 0.570. The lowest BCUT2D eigenvalue weighted by Gasteiger charge is -2.08. The summed E-state index contributed by atoms with van der Waals surface area (Å²) in [5.41, 5.74) is -0.297. The molecule has 0 aliphatic rings. The minimum absolute atomic E-state index is 0.0452. The summed E-state index contributed by atoms with van der Waals surface area (Å²) in [6.45, 7) is 0.284. The van der Waals surface area contributed by atoms with Crippen LogP contribution in [0, 0.1) is 0 Å². The Morgan fingerprint density at radius 3 is 2.65 bits per heavy atom. The molecule has 0 amide bonds. The van der Waals surface area contributed by atoms with Crippen LogP contribution in [-0.4, -0.2) is 24.5 Å². The summed E-state index contributed by atoms with van der Waals surface area (Å²) in [4.78, 5) is 13.6. The Bertz CT molecular complexity index is 767. The van der Waals surface area contributed by atoms with Crippen molar-refractivity contribution in [1.29, 1.82) is 0 Å². The van der Waals surface area contributed by atoms with Gasteiger partial charge in [-0.15, -0.1) is 0 Å². The van der Waals surface area contributed by atoms with Crippen LogP contribution in [0.15, 0.2) is 40.3 Å². The molecule has 9 heteroatoms. The lowest BCUT2D eigenvalue weighted by atomic mass is 10.4. The van der Waals surface area contributed by atoms with E-state index in [0.717, 1.165) is 0 Å². The van der Waals surface area contributed by atoms with E-state index < -0.39 is 10.0 Å². The van der Waals surface area contributed by atoms with E-state index in [2.05, 4.69) is 9.71 Å². The first kappa shape index (κ1) is 15.1. The second-order valence-electron chi connectivity index (χ2n) is 3.93. The fraction of sp³-hybridized carbons (Fsp3) is 0.182. The number of hydrogen-bond donors (Lipinski definition) is 2. The van der Waals surface area contributed by atoms with Crippen LogP contribution in [0.4, 0.5) is 0 Å². The Kier molecular flexibility index (Phi) is 4.54. The third-order valence-corrected chi connectivity index (χ3v) is 4.73. The van der Waals surface area contributed by atoms with E-state index >= 15 is 0 Å². The Hall–Kier alpha value is -1.28. The number of aromatic amines is 1. The Morgan fingerprint density at radius 1 is 1.30 bits per heavy atom. The molecule has 0 bridgehead atoms. The van der Waals surface area contributed by atoms with Crippen molar-refractivity contribution in [2.45, 2.75) is 11.4 Å². The summed E-state index contributed by atoms with van der Waals surface area (Å²) >= 11 is 11.6. The molecular formula is C11H11Cl2N3O3S. The molecule has 20 heavy (non-hydrogen) atoms. The number of sulfonamides is 1. The van der Waals surface area contributed by atoms with Crippen molar-refractivity contribution in [3.05, 3.63) is 51.1 Å². The number of imidazole rings is 1. The second kappa shape index (κ2) is 6.01. The summed E-state index contributed by atoms with van der Waals surface area (Å²) in [5.74, 6) is 0. The highest BCUT2D eigenvalue weighted by molar-refractivity contribution is 7.89. The number of halogens is 2. The molecule has 0 aliphatic heterocycles. The quantitative estimate of drug-likeness (QED) is 0.867. The van der Waals surface area contributed by atoms with E-state index in [9.17, 15) is 13.2 Å². The van der Waals surface area contributed by atoms with Crippen LogP contribution in [0.25, 0.3) is 0 Å². The molecule has 1 aromatic heterocycles. The molecule has 0 saturated carbocycles. The van der Waals surface area contributed by atoms with Gasteiger partial charge in [-0.3, -0.25) is 4.57 Å². The molecule has 2 rings (SSSR count). The molecule has 0 fully saturated rings. The topological polar surface area (TPSA) is 84.0 Å². The minimum Gasteiger partial charge on any atom is -0.313 e. The van der Waals surface area contributed by atoms with Crippen molar-refractivity contribution in [2.75, 3.05) is 6.54 Å². The molecule has 2 aromatic rings. The van der Waals surface area contributed by atoms with Crippen LogP contribution in [0.3, 0.4) is 0 Å². The van der Waals surface area contributed by atoms with E-state index in [1.807, 2.05) is 0 Å². The van der Waals surface area contributed by atoms with Crippen LogP contribution < -0.4 is 10.4 Å². The zero-order valence-electron chi connectivity index (χ0n) is 10.1. The van der Waals surface area contributed by atoms with E-state index in [1.54, 1.807) is 0 Å². The molecule has 0 spiro atoms. The summed E-state index contributed by atoms with van der Waals surface area (Å²) in [6.07, 6.45) is 3.01. The normalized spacial score (nSPS) is 11.7. The maximum Gasteiger partial charge on any atom is 0.325 e. The van der Waals surface area contributed by atoms with Gasteiger partial charge in [0.25, 0.3) is 0 Å². The molecule has 0 unspecified atom stereocenters. The van der Waals surface area contributed by atoms with Crippen LogP contribution in [0.5, 0.6) is 0 Å². The predicted octanol–water partition coefficient (Wildman–Crippen LogP) is 1.46. The number of H-pyrrole nitrogens is 1. The van der Waals surface area contributed by atoms with Gasteiger partial charge in [-0.1, -0.05) is 23.2 Å². The first-order chi connectivity index (χ1) is 9.40. The average molecular weight is 336 g/mol. The summed E-state index contributed by atoms with van der Waals surface area (Å²) in [5, 5.41) is 0.400. The molecule has 2 N–H and O–H groups in total. The first-order valence-corrected chi connectivity index (χ1v) is 7.82. The zero-order chi connectivity index (χ0) is 14.8. The molecule has 0 aliphatic carbocycles. The largest absolute Gasteiger partial charge is 0.325 e. The maximum atomic E-state index is 12.0. The highest BCUT2D eigenvalue weighted by atomic mass is 35.5. The standard InChI is InChI=1S/C11H11Cl2N3O3S/c12-8-1-2-10(9(13)7-8)20(18,19)15-4-6-16-5-3-14-11(16)17/h1-3,5,7,15H,4,6H2,(H,14,17). The Balaban J connectivity index is 2.08. The minimum atomic E-state index is -3.74. The van der Waals surface area contributed by atoms with Gasteiger partial charge in [0.05, 0.1) is 5.02 Å². The number of rotatable bonds is 5. The van der Waals surface area contributed by atoms with Crippen molar-refractivity contribution in [3.8, 4) is 0 Å². The van der Waals surface area contributed by atoms with E-state index in [0.29, 0.717) is 5.02 Å². The van der Waals surface area contributed by atoms with E-state index in [-0.39, 0.29) is 28.7 Å². The Morgan fingerprint density at radius 2 is 2.05 bits per heavy atom. The van der Waals surface area contributed by atoms with Gasteiger partial charge < -0.3 is 4.98 Å². The van der Waals surface area contributed by atoms with Gasteiger partial charge in [0.1, 0.15) is 4.90 Å². The van der Waals surface area contributed by atoms with Crippen molar-refractivity contribution in [3.63, 3.8) is 0 Å². The van der Waals surface area contributed by atoms with Gasteiger partial charge in [0.15, 0.2) is 0 Å². The third-order valence-electron chi connectivity index (χ3n) is 2.55. The molecule has 0 saturated heterocycles. The van der Waals surface area contributed by atoms with E-state index in [4.69, 9.17) is 23.2 Å². The van der Waals surface area contributed by atoms with Crippen molar-refractivity contribution in [2.24, 2.45) is 0 Å². The van der Waals surface area contributed by atoms with Gasteiger partial charge in [-0.2, -0.15) is 0 Å². The third kappa shape index (κ3) is 3.43. The van der Waals surface area contributed by atoms with Crippen LogP contribution in [-0.2, 0) is 16.6 Å². The monoisotopic (exact) mass is 335 g/mol. The maximum absolute atomic E-state index is 12.0. The average Bonchev–Trinajstić information content (AvgIpc) is 2.74. The van der Waals surface area contributed by atoms with Gasteiger partial charge in [-0.25, -0.2) is 17.9 Å². The summed E-state index contributed by atoms with van der Waals surface area (Å²) in [7, 11) is -3.74. The van der Waals surface area contributed by atoms with Crippen LogP contribution in [0.1, 0.15) is 0 Å². The molecule has 0 atom stereocenters. The molecule has 108 valence electrons. The number of benzene rings is 1. The highest BCUT2D eigenvalue weighted by Crippen LogP contribution is 2.24. The molecule has 6 nitrogen and oxygen atoms in total. The SMILES string of the molecule is O=c1[nH]ccn1CCNS(=O)(=O)c1ccc(Cl)cc1Cl. The fourth-order valence-corrected chi connectivity index (χ4v) is 3.39. The van der Waals surface area contributed by atoms with Crippen LogP contribution >= 0.6 is 23.2 Å². The zero-order valence-corrected chi connectivity index (χ0v) is 12.5. The van der Waals surface area contributed by atoms with Gasteiger partial charge in [-0.05, 0) is 18.2 Å². The van der Waals surface area contributed by atoms with Gasteiger partial charge >= 0.3 is 5.69 Å². The Labute approximate surface area is 125 Å². The second-order valence-corrected chi connectivity index (χ2v) is 6.51. The molecule has 1 heterocycles. The fourth-order valence-electron chi connectivity index (χ4n) is 1.60. The number of nitrogens with one attached hydrogen (secondary N) is 2. The van der Waals surface area contributed by atoms with Crippen molar-refractivity contribution in [1.82, 2.24) is 14.3 Å². The highest BCUT2D eigenvalue weighted by Gasteiger charge is 2.17. The summed E-state index contributed by atoms with van der Waals surface area (Å²) < 4.78 is 27.8. The van der Waals surface area contributed by atoms with Crippen molar-refractivity contribution >= 4 is 33.2 Å². The lowest BCUT2D eigenvalue weighted by Crippen LogP contribution is -2.30. The molecular weight excluding hydrogens is 325 g/mol. The first-order valence-electron chi connectivity index (χ1n) is 5.59. The molecule has 1 aromatic carbocycles. The van der Waals surface area contributed by atoms with E-state index in [1.165, 1.54) is 35.2 Å². The van der Waals surface area contributed by atoms with Gasteiger partial charge in [0, 0.05) is 30.5 Å². The number of hydrogen-bond acceptors (Lipinski definition) is 3. The molecule has 0 radical (unpaired) electrons. The van der Waals surface area contributed by atoms with Crippen molar-refractivity contribution < 1.29 is 8.42 Å². The number of nitrogens with zero attached hydrogens (tertiary/aromatic N) is 1. The van der Waals surface area contributed by atoms with Crippen LogP contribution in [0.2, 0.25) is 10.0 Å². The predicted molar refractivity (Wildman–Crippen MR) is 76.7 cm³/mol. The number of aromatic nitrogens is 2. The van der Waals surface area contributed by atoms with Gasteiger partial charge in [0.2, 0.25) is 10.0 Å². The smallest absolute Gasteiger partial charge is 0.313 e.